The van der Waals surface area contributed by atoms with E-state index in [0.29, 0.717) is 5.56 Å². The van der Waals surface area contributed by atoms with Crippen LogP contribution in [0.25, 0.3) is 0 Å². The Morgan fingerprint density at radius 1 is 1.00 bits per heavy atom. The summed E-state index contributed by atoms with van der Waals surface area (Å²) in [4.78, 5) is 11.8. The van der Waals surface area contributed by atoms with Gasteiger partial charge in [-0.05, 0) is 31.2 Å². The number of para-hydroxylation sites is 1. The molecule has 2 aromatic carbocycles. The van der Waals surface area contributed by atoms with E-state index in [2.05, 4.69) is 0 Å². The van der Waals surface area contributed by atoms with Gasteiger partial charge in [-0.3, -0.25) is 0 Å². The van der Waals surface area contributed by atoms with Gasteiger partial charge in [0.15, 0.2) is 0 Å². The van der Waals surface area contributed by atoms with E-state index in [-0.39, 0.29) is 22.8 Å². The van der Waals surface area contributed by atoms with Gasteiger partial charge in [0, 0.05) is 5.56 Å². The molecule has 0 heterocycles. The summed E-state index contributed by atoms with van der Waals surface area (Å²) in [7, 11) is 0. The molecule has 18 heavy (non-hydrogen) atoms. The van der Waals surface area contributed by atoms with Gasteiger partial charge in [0.05, 0.1) is 0 Å². The molecule has 0 aliphatic rings. The van der Waals surface area contributed by atoms with Crippen molar-refractivity contribution in [2.24, 2.45) is 0 Å². The van der Waals surface area contributed by atoms with Crippen LogP contribution in [0.15, 0.2) is 42.5 Å². The number of carbonyl (C=O) groups is 1. The summed E-state index contributed by atoms with van der Waals surface area (Å²) in [5.41, 5.74) is 0.557. The highest BCUT2D eigenvalue weighted by Gasteiger charge is 2.14. The number of phenolic OH excluding ortho intramolecular Hbond substituents is 2. The molecule has 0 aromatic heterocycles. The second-order valence-corrected chi connectivity index (χ2v) is 3.81. The summed E-state index contributed by atoms with van der Waals surface area (Å²) in [6.45, 7) is 1.64. The second kappa shape index (κ2) is 4.79. The fourth-order valence-electron chi connectivity index (χ4n) is 1.51. The van der Waals surface area contributed by atoms with Crippen LogP contribution in [0, 0.1) is 6.92 Å². The van der Waals surface area contributed by atoms with Crippen LogP contribution in [0.3, 0.4) is 0 Å². The number of esters is 1. The predicted molar refractivity (Wildman–Crippen MR) is 65.9 cm³/mol. The lowest BCUT2D eigenvalue weighted by Crippen LogP contribution is -2.09. The highest BCUT2D eigenvalue weighted by atomic mass is 16.5. The zero-order valence-electron chi connectivity index (χ0n) is 9.75. The van der Waals surface area contributed by atoms with Crippen molar-refractivity contribution in [3.8, 4) is 17.2 Å². The molecule has 4 heteroatoms. The van der Waals surface area contributed by atoms with Crippen molar-refractivity contribution < 1.29 is 19.7 Å². The number of hydrogen-bond acceptors (Lipinski definition) is 4. The summed E-state index contributed by atoms with van der Waals surface area (Å²) >= 11 is 0. The van der Waals surface area contributed by atoms with E-state index in [4.69, 9.17) is 4.74 Å². The van der Waals surface area contributed by atoms with E-state index in [1.807, 2.05) is 0 Å². The number of aromatic hydroxyl groups is 2. The quantitative estimate of drug-likeness (QED) is 0.629. The molecule has 0 aliphatic heterocycles. The first-order valence-corrected chi connectivity index (χ1v) is 5.38. The number of benzene rings is 2. The molecular formula is C14H12O4. The Hall–Kier alpha value is -2.49. The van der Waals surface area contributed by atoms with E-state index in [1.165, 1.54) is 18.2 Å². The Labute approximate surface area is 104 Å². The third-order valence-corrected chi connectivity index (χ3v) is 2.58. The maximum absolute atomic E-state index is 11.8. The normalized spacial score (nSPS) is 10.1. The van der Waals surface area contributed by atoms with Gasteiger partial charge in [0.2, 0.25) is 0 Å². The molecule has 0 saturated heterocycles. The van der Waals surface area contributed by atoms with Gasteiger partial charge in [-0.15, -0.1) is 0 Å². The molecule has 2 aromatic rings. The molecular weight excluding hydrogens is 232 g/mol. The smallest absolute Gasteiger partial charge is 0.347 e. The summed E-state index contributed by atoms with van der Waals surface area (Å²) in [5, 5.41) is 19.0. The van der Waals surface area contributed by atoms with Crippen molar-refractivity contribution >= 4 is 5.97 Å². The van der Waals surface area contributed by atoms with Gasteiger partial charge in [0.1, 0.15) is 22.8 Å². The highest BCUT2D eigenvalue weighted by molar-refractivity contribution is 5.94. The Balaban J connectivity index is 2.27. The van der Waals surface area contributed by atoms with Gasteiger partial charge >= 0.3 is 5.97 Å². The Bertz CT molecular complexity index is 590. The summed E-state index contributed by atoms with van der Waals surface area (Å²) in [6.07, 6.45) is 0. The first kappa shape index (κ1) is 12.0. The fraction of sp³-hybridized carbons (Fsp3) is 0.0714. The highest BCUT2D eigenvalue weighted by Crippen LogP contribution is 2.27. The molecule has 0 bridgehead atoms. The zero-order valence-corrected chi connectivity index (χ0v) is 9.75. The first-order valence-electron chi connectivity index (χ1n) is 5.38. The lowest BCUT2D eigenvalue weighted by Gasteiger charge is -2.09. The van der Waals surface area contributed by atoms with Crippen LogP contribution in [0.1, 0.15) is 15.9 Å². The molecule has 0 saturated carbocycles. The largest absolute Gasteiger partial charge is 0.508 e. The van der Waals surface area contributed by atoms with Gasteiger partial charge in [-0.1, -0.05) is 18.2 Å². The molecule has 2 N–H and O–H groups in total. The molecule has 92 valence electrons. The third-order valence-electron chi connectivity index (χ3n) is 2.58. The summed E-state index contributed by atoms with van der Waals surface area (Å²) in [6, 6.07) is 10.8. The minimum atomic E-state index is -0.665. The zero-order chi connectivity index (χ0) is 13.1. The maximum atomic E-state index is 11.8. The van der Waals surface area contributed by atoms with Crippen molar-refractivity contribution in [1.29, 1.82) is 0 Å². The Morgan fingerprint density at radius 2 is 1.67 bits per heavy atom. The lowest BCUT2D eigenvalue weighted by molar-refractivity contribution is 0.0730. The fourth-order valence-corrected chi connectivity index (χ4v) is 1.51. The molecule has 0 amide bonds. The molecule has 2 rings (SSSR count). The molecule has 0 radical (unpaired) electrons. The molecule has 0 spiro atoms. The average Bonchev–Trinajstić information content (AvgIpc) is 2.35. The van der Waals surface area contributed by atoms with Crippen LogP contribution in [0.2, 0.25) is 0 Å². The van der Waals surface area contributed by atoms with Crippen LogP contribution < -0.4 is 4.74 Å². The molecule has 0 unspecified atom stereocenters. The van der Waals surface area contributed by atoms with Crippen LogP contribution in [0.4, 0.5) is 0 Å². The Kier molecular flexibility index (Phi) is 3.19. The van der Waals surface area contributed by atoms with E-state index in [0.717, 1.165) is 0 Å². The molecule has 0 fully saturated rings. The number of rotatable bonds is 2. The van der Waals surface area contributed by atoms with Crippen molar-refractivity contribution in [3.63, 3.8) is 0 Å². The topological polar surface area (TPSA) is 66.8 Å². The van der Waals surface area contributed by atoms with E-state index in [9.17, 15) is 15.0 Å². The SMILES string of the molecule is Cc1c(O)cccc1OC(=O)c1ccccc1O. The third kappa shape index (κ3) is 2.27. The van der Waals surface area contributed by atoms with Crippen molar-refractivity contribution in [1.82, 2.24) is 0 Å². The number of hydrogen-bond donors (Lipinski definition) is 2. The minimum Gasteiger partial charge on any atom is -0.508 e. The monoisotopic (exact) mass is 244 g/mol. The predicted octanol–water partition coefficient (Wildman–Crippen LogP) is 2.63. The van der Waals surface area contributed by atoms with Crippen LogP contribution >= 0.6 is 0 Å². The average molecular weight is 244 g/mol. The van der Waals surface area contributed by atoms with Crippen LogP contribution in [-0.4, -0.2) is 16.2 Å². The van der Waals surface area contributed by atoms with Gasteiger partial charge in [-0.2, -0.15) is 0 Å². The maximum Gasteiger partial charge on any atom is 0.347 e. The molecule has 0 aliphatic carbocycles. The minimum absolute atomic E-state index is 0.0533. The standard InChI is InChI=1S/C14H12O4/c1-9-11(15)7-4-8-13(9)18-14(17)10-5-2-3-6-12(10)16/h2-8,15-16H,1H3. The van der Waals surface area contributed by atoms with E-state index >= 15 is 0 Å². The van der Waals surface area contributed by atoms with Gasteiger partial charge in [0.25, 0.3) is 0 Å². The van der Waals surface area contributed by atoms with Crippen molar-refractivity contribution in [2.45, 2.75) is 6.92 Å². The lowest BCUT2D eigenvalue weighted by atomic mass is 10.2. The number of phenols is 2. The van der Waals surface area contributed by atoms with Crippen molar-refractivity contribution in [3.05, 3.63) is 53.6 Å². The van der Waals surface area contributed by atoms with E-state index < -0.39 is 5.97 Å². The number of carbonyl (C=O) groups excluding carboxylic acids is 1. The first-order chi connectivity index (χ1) is 8.59. The van der Waals surface area contributed by atoms with Gasteiger partial charge in [-0.25, -0.2) is 4.79 Å². The Morgan fingerprint density at radius 3 is 2.39 bits per heavy atom. The van der Waals surface area contributed by atoms with E-state index in [1.54, 1.807) is 31.2 Å². The van der Waals surface area contributed by atoms with Gasteiger partial charge < -0.3 is 14.9 Å². The van der Waals surface area contributed by atoms with Crippen LogP contribution in [-0.2, 0) is 0 Å². The number of ether oxygens (including phenoxy) is 1. The van der Waals surface area contributed by atoms with Crippen LogP contribution in [0.5, 0.6) is 17.2 Å². The summed E-state index contributed by atoms with van der Waals surface area (Å²) < 4.78 is 5.13. The molecule has 0 atom stereocenters. The molecule has 4 nitrogen and oxygen atoms in total. The van der Waals surface area contributed by atoms with Crippen molar-refractivity contribution in [2.75, 3.05) is 0 Å². The second-order valence-electron chi connectivity index (χ2n) is 3.81. The summed E-state index contributed by atoms with van der Waals surface area (Å²) in [5.74, 6) is -0.483.